The minimum atomic E-state index is -0.879. The maximum absolute atomic E-state index is 12.7. The van der Waals surface area contributed by atoms with Gasteiger partial charge < -0.3 is 23.8 Å². The smallest absolute Gasteiger partial charge is 0.362 e. The Bertz CT molecular complexity index is 984. The number of rotatable bonds is 39. The van der Waals surface area contributed by atoms with Crippen molar-refractivity contribution in [3.05, 3.63) is 36.5 Å². The molecule has 8 nitrogen and oxygen atoms in total. The third-order valence-electron chi connectivity index (χ3n) is 9.77. The standard InChI is InChI=1S/C46H83NO7/c1-6-8-10-12-14-16-18-20-21-22-23-24-25-27-28-30-32-34-36-44(48)53-41-42(40-52-39-38-43(46(50)51)47(3,4)5)54-45(49)37-35-33-31-29-26-19-17-15-13-11-9-7-2/h9,11,15,17,23-24,42-43H,6-8,10,12-14,16,18-22,25-41H2,1-5H3/p+1/b11-9+,17-15+,24-23+. The van der Waals surface area contributed by atoms with Gasteiger partial charge in [-0.25, -0.2) is 4.79 Å². The van der Waals surface area contributed by atoms with Gasteiger partial charge in [-0.05, 0) is 64.2 Å². The van der Waals surface area contributed by atoms with Crippen LogP contribution in [0.3, 0.4) is 0 Å². The lowest BCUT2D eigenvalue weighted by Gasteiger charge is -2.31. The average molecular weight is 763 g/mol. The summed E-state index contributed by atoms with van der Waals surface area (Å²) < 4.78 is 17.2. The number of aliphatic carboxylic acids is 1. The molecule has 0 rings (SSSR count). The van der Waals surface area contributed by atoms with E-state index < -0.39 is 18.1 Å². The molecule has 2 unspecified atom stereocenters. The lowest BCUT2D eigenvalue weighted by Crippen LogP contribution is -2.50. The summed E-state index contributed by atoms with van der Waals surface area (Å²) in [6, 6.07) is -0.617. The van der Waals surface area contributed by atoms with Crippen molar-refractivity contribution in [1.82, 2.24) is 0 Å². The maximum Gasteiger partial charge on any atom is 0.362 e. The number of carbonyl (C=O) groups is 3. The lowest BCUT2D eigenvalue weighted by molar-refractivity contribution is -0.887. The Balaban J connectivity index is 4.32. The Kier molecular flexibility index (Phi) is 35.8. The van der Waals surface area contributed by atoms with Crippen molar-refractivity contribution in [3.8, 4) is 0 Å². The van der Waals surface area contributed by atoms with Crippen LogP contribution < -0.4 is 0 Å². The maximum atomic E-state index is 12.7. The molecule has 8 heteroatoms. The highest BCUT2D eigenvalue weighted by molar-refractivity contribution is 5.72. The first-order valence-corrected chi connectivity index (χ1v) is 22.0. The molecule has 0 saturated carbocycles. The van der Waals surface area contributed by atoms with Crippen molar-refractivity contribution in [2.75, 3.05) is 41.0 Å². The highest BCUT2D eigenvalue weighted by Crippen LogP contribution is 2.14. The topological polar surface area (TPSA) is 99.1 Å². The highest BCUT2D eigenvalue weighted by Gasteiger charge is 2.31. The molecule has 0 aliphatic heterocycles. The first kappa shape index (κ1) is 51.5. The van der Waals surface area contributed by atoms with Crippen LogP contribution in [0.5, 0.6) is 0 Å². The fourth-order valence-electron chi connectivity index (χ4n) is 6.36. The van der Waals surface area contributed by atoms with Gasteiger partial charge in [0.25, 0.3) is 0 Å². The first-order chi connectivity index (χ1) is 26.1. The molecule has 0 aromatic carbocycles. The van der Waals surface area contributed by atoms with E-state index in [-0.39, 0.29) is 36.2 Å². The number of carbonyl (C=O) groups excluding carboxylic acids is 2. The molecule has 1 N–H and O–H groups in total. The molecule has 2 atom stereocenters. The molecule has 0 spiro atoms. The van der Waals surface area contributed by atoms with E-state index >= 15 is 0 Å². The van der Waals surface area contributed by atoms with E-state index in [1.54, 1.807) is 0 Å². The monoisotopic (exact) mass is 763 g/mol. The quantitative estimate of drug-likeness (QED) is 0.0288. The van der Waals surface area contributed by atoms with Crippen LogP contribution >= 0.6 is 0 Å². The molecular weight excluding hydrogens is 679 g/mol. The third-order valence-corrected chi connectivity index (χ3v) is 9.77. The number of carboxylic acid groups (broad SMARTS) is 1. The number of esters is 2. The average Bonchev–Trinajstić information content (AvgIpc) is 3.12. The zero-order valence-corrected chi connectivity index (χ0v) is 35.7. The van der Waals surface area contributed by atoms with E-state index in [1.807, 2.05) is 21.1 Å². The van der Waals surface area contributed by atoms with Gasteiger partial charge in [0.2, 0.25) is 0 Å². The normalized spacial score (nSPS) is 13.3. The van der Waals surface area contributed by atoms with Crippen molar-refractivity contribution in [1.29, 1.82) is 0 Å². The van der Waals surface area contributed by atoms with Gasteiger partial charge in [-0.2, -0.15) is 0 Å². The van der Waals surface area contributed by atoms with Crippen molar-refractivity contribution < 1.29 is 38.2 Å². The number of hydrogen-bond donors (Lipinski definition) is 1. The molecule has 0 radical (unpaired) electrons. The van der Waals surface area contributed by atoms with Crippen LogP contribution in [-0.4, -0.2) is 80.6 Å². The van der Waals surface area contributed by atoms with Gasteiger partial charge in [-0.3, -0.25) is 9.59 Å². The molecule has 54 heavy (non-hydrogen) atoms. The number of allylic oxidation sites excluding steroid dienone is 6. The number of likely N-dealkylation sites (N-methyl/N-ethyl adjacent to an activating group) is 1. The molecule has 0 fully saturated rings. The van der Waals surface area contributed by atoms with Gasteiger partial charge in [0.15, 0.2) is 12.1 Å². The first-order valence-electron chi connectivity index (χ1n) is 22.0. The van der Waals surface area contributed by atoms with Crippen LogP contribution in [0.4, 0.5) is 0 Å². The summed E-state index contributed by atoms with van der Waals surface area (Å²) in [7, 11) is 5.52. The lowest BCUT2D eigenvalue weighted by atomic mass is 10.1. The van der Waals surface area contributed by atoms with Crippen molar-refractivity contribution in [2.45, 2.75) is 199 Å². The Morgan fingerprint density at radius 2 is 1.04 bits per heavy atom. The van der Waals surface area contributed by atoms with Crippen molar-refractivity contribution >= 4 is 17.9 Å². The minimum Gasteiger partial charge on any atom is -0.477 e. The molecule has 0 bridgehead atoms. The second kappa shape index (κ2) is 37.5. The Morgan fingerprint density at radius 1 is 0.574 bits per heavy atom. The number of nitrogens with zero attached hydrogens (tertiary/aromatic N) is 1. The molecule has 0 amide bonds. The summed E-state index contributed by atoms with van der Waals surface area (Å²) in [5, 5.41) is 9.61. The van der Waals surface area contributed by atoms with Gasteiger partial charge in [-0.15, -0.1) is 0 Å². The minimum absolute atomic E-state index is 0.0535. The Labute approximate surface area is 332 Å². The summed E-state index contributed by atoms with van der Waals surface area (Å²) in [5.41, 5.74) is 0. The molecule has 0 aliphatic carbocycles. The van der Waals surface area contributed by atoms with Gasteiger partial charge in [0.05, 0.1) is 34.4 Å². The van der Waals surface area contributed by atoms with Crippen molar-refractivity contribution in [3.63, 3.8) is 0 Å². The number of quaternary nitrogens is 1. The molecule has 314 valence electrons. The zero-order chi connectivity index (χ0) is 40.0. The van der Waals surface area contributed by atoms with Crippen LogP contribution in [0.15, 0.2) is 36.5 Å². The number of unbranched alkanes of at least 4 members (excludes halogenated alkanes) is 19. The van der Waals surface area contributed by atoms with Gasteiger partial charge in [0.1, 0.15) is 6.61 Å². The van der Waals surface area contributed by atoms with Crippen molar-refractivity contribution in [2.24, 2.45) is 0 Å². The summed E-state index contributed by atoms with van der Waals surface area (Å²) in [4.78, 5) is 36.9. The van der Waals surface area contributed by atoms with Gasteiger partial charge in [0, 0.05) is 19.3 Å². The molecular formula is C46H84NO7+. The fraction of sp³-hybridized carbons (Fsp3) is 0.804. The fourth-order valence-corrected chi connectivity index (χ4v) is 6.36. The second-order valence-electron chi connectivity index (χ2n) is 15.9. The highest BCUT2D eigenvalue weighted by atomic mass is 16.6. The van der Waals surface area contributed by atoms with E-state index in [0.717, 1.165) is 83.5 Å². The van der Waals surface area contributed by atoms with E-state index in [2.05, 4.69) is 50.3 Å². The molecule has 0 aliphatic rings. The number of ether oxygens (including phenoxy) is 3. The number of hydrogen-bond acceptors (Lipinski definition) is 6. The molecule has 0 aromatic heterocycles. The largest absolute Gasteiger partial charge is 0.477 e. The predicted molar refractivity (Wildman–Crippen MR) is 225 cm³/mol. The summed E-state index contributed by atoms with van der Waals surface area (Å²) >= 11 is 0. The second-order valence-corrected chi connectivity index (χ2v) is 15.9. The molecule has 0 heterocycles. The van der Waals surface area contributed by atoms with Crippen LogP contribution in [0.1, 0.15) is 187 Å². The van der Waals surface area contributed by atoms with E-state index in [0.29, 0.717) is 19.3 Å². The Morgan fingerprint density at radius 3 is 1.54 bits per heavy atom. The molecule has 0 aromatic rings. The van der Waals surface area contributed by atoms with Crippen LogP contribution in [-0.2, 0) is 28.6 Å². The van der Waals surface area contributed by atoms with E-state index in [4.69, 9.17) is 14.2 Å². The summed E-state index contributed by atoms with van der Waals surface area (Å²) in [5.74, 6) is -1.50. The van der Waals surface area contributed by atoms with Crippen LogP contribution in [0, 0.1) is 0 Å². The van der Waals surface area contributed by atoms with E-state index in [9.17, 15) is 19.5 Å². The Hall–Kier alpha value is -2.45. The van der Waals surface area contributed by atoms with Gasteiger partial charge in [-0.1, -0.05) is 140 Å². The van der Waals surface area contributed by atoms with Gasteiger partial charge >= 0.3 is 17.9 Å². The van der Waals surface area contributed by atoms with E-state index in [1.165, 1.54) is 70.6 Å². The van der Waals surface area contributed by atoms with Crippen LogP contribution in [0.25, 0.3) is 0 Å². The summed E-state index contributed by atoms with van der Waals surface area (Å²) in [6.07, 6.45) is 41.9. The zero-order valence-electron chi connectivity index (χ0n) is 35.7. The number of carboxylic acids is 1. The molecule has 0 saturated heterocycles. The SMILES string of the molecule is CC/C=C/C/C=C/CCCCCCCC(=O)OC(COCCC(C(=O)O)[N+](C)(C)C)COC(=O)CCCCCCC/C=C/CCCCCCCCCCC. The predicted octanol–water partition coefficient (Wildman–Crippen LogP) is 11.9. The summed E-state index contributed by atoms with van der Waals surface area (Å²) in [6.45, 7) is 4.61. The van der Waals surface area contributed by atoms with Crippen LogP contribution in [0.2, 0.25) is 0 Å². The third kappa shape index (κ3) is 35.3.